The molecule has 2 aliphatic rings. The number of rotatable bonds is 7. The highest BCUT2D eigenvalue weighted by atomic mass is 16.6. The molecule has 0 unspecified atom stereocenters. The number of fused-ring (bicyclic) bond motifs is 2. The number of aliphatic imine (C=N–C) groups is 2. The van der Waals surface area contributed by atoms with E-state index in [-0.39, 0.29) is 5.69 Å². The molecule has 4 aromatic carbocycles. The SMILES string of the molecule is Nc1cc2c(cc1OCc1ccccc1)CN=C2.O=[N+]([O-])c1cc2c(cc1OCc1ccccc1)CN=C2. The monoisotopic (exact) mass is 506 g/mol. The Kier molecular flexibility index (Phi) is 7.40. The molecule has 0 spiro atoms. The van der Waals surface area contributed by atoms with Crippen LogP contribution in [0.15, 0.2) is 94.9 Å². The second kappa shape index (κ2) is 11.4. The Morgan fingerprint density at radius 3 is 1.79 bits per heavy atom. The molecule has 38 heavy (non-hydrogen) atoms. The molecule has 0 aliphatic carbocycles. The summed E-state index contributed by atoms with van der Waals surface area (Å²) in [6, 6.07) is 26.8. The van der Waals surface area contributed by atoms with Gasteiger partial charge in [-0.2, -0.15) is 0 Å². The largest absolute Gasteiger partial charge is 0.487 e. The molecule has 0 saturated carbocycles. The fraction of sp³-hybridized carbons (Fsp3) is 0.133. The molecule has 2 N–H and O–H groups in total. The Hall–Kier alpha value is -4.98. The van der Waals surface area contributed by atoms with Crippen LogP contribution in [0, 0.1) is 10.1 Å². The van der Waals surface area contributed by atoms with Gasteiger partial charge in [-0.1, -0.05) is 60.7 Å². The zero-order valence-corrected chi connectivity index (χ0v) is 20.6. The van der Waals surface area contributed by atoms with Crippen molar-refractivity contribution in [1.82, 2.24) is 0 Å². The number of hydrogen-bond donors (Lipinski definition) is 1. The van der Waals surface area contributed by atoms with Crippen molar-refractivity contribution in [3.05, 3.63) is 128 Å². The molecule has 0 bridgehead atoms. The lowest BCUT2D eigenvalue weighted by molar-refractivity contribution is -0.386. The maximum absolute atomic E-state index is 11.1. The van der Waals surface area contributed by atoms with Gasteiger partial charge >= 0.3 is 5.69 Å². The molecule has 0 aromatic heterocycles. The maximum atomic E-state index is 11.1. The maximum Gasteiger partial charge on any atom is 0.311 e. The quantitative estimate of drug-likeness (QED) is 0.191. The van der Waals surface area contributed by atoms with Gasteiger partial charge in [0.15, 0.2) is 5.75 Å². The summed E-state index contributed by atoms with van der Waals surface area (Å²) in [5, 5.41) is 11.1. The predicted octanol–water partition coefficient (Wildman–Crippen LogP) is 5.89. The molecule has 8 nitrogen and oxygen atoms in total. The summed E-state index contributed by atoms with van der Waals surface area (Å²) in [5.74, 6) is 1.03. The first kappa shape index (κ1) is 24.7. The molecule has 6 rings (SSSR count). The summed E-state index contributed by atoms with van der Waals surface area (Å²) in [7, 11) is 0. The molecule has 190 valence electrons. The Balaban J connectivity index is 0.000000156. The Morgan fingerprint density at radius 2 is 1.24 bits per heavy atom. The van der Waals surface area contributed by atoms with Crippen LogP contribution in [0.1, 0.15) is 33.4 Å². The van der Waals surface area contributed by atoms with Gasteiger partial charge in [0.2, 0.25) is 0 Å². The van der Waals surface area contributed by atoms with Crippen molar-refractivity contribution in [1.29, 1.82) is 0 Å². The first-order chi connectivity index (χ1) is 18.6. The summed E-state index contributed by atoms with van der Waals surface area (Å²) < 4.78 is 11.4. The van der Waals surface area contributed by atoms with Gasteiger partial charge in [-0.15, -0.1) is 0 Å². The summed E-state index contributed by atoms with van der Waals surface area (Å²) in [5.41, 5.74) is 12.7. The van der Waals surface area contributed by atoms with Crippen LogP contribution in [0.2, 0.25) is 0 Å². The number of nitro groups is 1. The van der Waals surface area contributed by atoms with Crippen molar-refractivity contribution in [2.75, 3.05) is 5.73 Å². The number of hydrogen-bond acceptors (Lipinski definition) is 7. The van der Waals surface area contributed by atoms with Crippen molar-refractivity contribution in [2.45, 2.75) is 26.3 Å². The Bertz CT molecular complexity index is 1500. The number of nitrogen functional groups attached to an aromatic ring is 1. The summed E-state index contributed by atoms with van der Waals surface area (Å²) in [6.45, 7) is 2.11. The van der Waals surface area contributed by atoms with Gasteiger partial charge in [0.05, 0.1) is 23.7 Å². The lowest BCUT2D eigenvalue weighted by Crippen LogP contribution is -2.01. The number of ether oxygens (including phenoxy) is 2. The number of nitrogens with two attached hydrogens (primary N) is 1. The second-order valence-corrected chi connectivity index (χ2v) is 8.85. The summed E-state index contributed by atoms with van der Waals surface area (Å²) >= 11 is 0. The van der Waals surface area contributed by atoms with Crippen LogP contribution in [-0.2, 0) is 26.3 Å². The highest BCUT2D eigenvalue weighted by Crippen LogP contribution is 2.33. The van der Waals surface area contributed by atoms with Gasteiger partial charge < -0.3 is 15.2 Å². The Labute approximate surface area is 220 Å². The van der Waals surface area contributed by atoms with E-state index in [0.717, 1.165) is 40.1 Å². The molecule has 0 radical (unpaired) electrons. The minimum Gasteiger partial charge on any atom is -0.487 e. The fourth-order valence-corrected chi connectivity index (χ4v) is 4.14. The van der Waals surface area contributed by atoms with Crippen LogP contribution < -0.4 is 15.2 Å². The normalized spacial score (nSPS) is 12.3. The van der Waals surface area contributed by atoms with Gasteiger partial charge in [-0.25, -0.2) is 0 Å². The Morgan fingerprint density at radius 1 is 0.737 bits per heavy atom. The van der Waals surface area contributed by atoms with E-state index in [1.165, 1.54) is 11.6 Å². The number of nitro benzene ring substituents is 1. The van der Waals surface area contributed by atoms with Crippen molar-refractivity contribution in [3.8, 4) is 11.5 Å². The number of benzene rings is 4. The van der Waals surface area contributed by atoms with Gasteiger partial charge in [0.25, 0.3) is 0 Å². The van der Waals surface area contributed by atoms with Crippen LogP contribution in [0.25, 0.3) is 0 Å². The molecule has 0 amide bonds. The van der Waals surface area contributed by atoms with Crippen LogP contribution in [-0.4, -0.2) is 17.4 Å². The number of anilines is 1. The molecule has 0 fully saturated rings. The first-order valence-corrected chi connectivity index (χ1v) is 12.1. The molecular weight excluding hydrogens is 480 g/mol. The van der Waals surface area contributed by atoms with Crippen LogP contribution in [0.4, 0.5) is 11.4 Å². The third-order valence-corrected chi connectivity index (χ3v) is 6.15. The summed E-state index contributed by atoms with van der Waals surface area (Å²) in [4.78, 5) is 19.0. The summed E-state index contributed by atoms with van der Waals surface area (Å²) in [6.07, 6.45) is 3.51. The molecule has 8 heteroatoms. The molecule has 2 aliphatic heterocycles. The van der Waals surface area contributed by atoms with Crippen LogP contribution in [0.5, 0.6) is 11.5 Å². The van der Waals surface area contributed by atoms with E-state index in [2.05, 4.69) is 9.98 Å². The second-order valence-electron chi connectivity index (χ2n) is 8.85. The molecule has 2 heterocycles. The topological polar surface area (TPSA) is 112 Å². The molecule has 0 atom stereocenters. The molecular formula is C30H26N4O4. The van der Waals surface area contributed by atoms with Gasteiger partial charge in [0.1, 0.15) is 19.0 Å². The van der Waals surface area contributed by atoms with Crippen molar-refractivity contribution < 1.29 is 14.4 Å². The average molecular weight is 507 g/mol. The van der Waals surface area contributed by atoms with Gasteiger partial charge in [-0.05, 0) is 46.0 Å². The third-order valence-electron chi connectivity index (χ3n) is 6.15. The van der Waals surface area contributed by atoms with Crippen molar-refractivity contribution in [3.63, 3.8) is 0 Å². The lowest BCUT2D eigenvalue weighted by Gasteiger charge is -2.10. The lowest BCUT2D eigenvalue weighted by atomic mass is 10.1. The van der Waals surface area contributed by atoms with E-state index in [0.29, 0.717) is 31.2 Å². The van der Waals surface area contributed by atoms with E-state index >= 15 is 0 Å². The van der Waals surface area contributed by atoms with Gasteiger partial charge in [-0.3, -0.25) is 20.1 Å². The fourth-order valence-electron chi connectivity index (χ4n) is 4.14. The smallest absolute Gasteiger partial charge is 0.311 e. The zero-order chi connectivity index (χ0) is 26.3. The van der Waals surface area contributed by atoms with E-state index in [9.17, 15) is 10.1 Å². The van der Waals surface area contributed by atoms with Crippen molar-refractivity contribution >= 4 is 23.8 Å². The predicted molar refractivity (Wildman–Crippen MR) is 148 cm³/mol. The molecule has 4 aromatic rings. The highest BCUT2D eigenvalue weighted by Gasteiger charge is 2.20. The van der Waals surface area contributed by atoms with E-state index in [1.54, 1.807) is 12.3 Å². The van der Waals surface area contributed by atoms with E-state index < -0.39 is 4.92 Å². The van der Waals surface area contributed by atoms with Crippen LogP contribution in [0.3, 0.4) is 0 Å². The van der Waals surface area contributed by atoms with E-state index in [1.807, 2.05) is 79.0 Å². The van der Waals surface area contributed by atoms with Crippen LogP contribution >= 0.6 is 0 Å². The number of nitrogens with zero attached hydrogens (tertiary/aromatic N) is 3. The highest BCUT2D eigenvalue weighted by molar-refractivity contribution is 5.87. The minimum absolute atomic E-state index is 0.0203. The van der Waals surface area contributed by atoms with Crippen molar-refractivity contribution in [2.24, 2.45) is 9.98 Å². The standard InChI is InChI=1S/C15H12N2O3.C15H14N2O/c18-17(19)14-6-12-8-16-9-13(12)7-15(14)20-10-11-4-2-1-3-5-11;16-14-6-12-8-17-9-13(12)7-15(14)18-10-11-4-2-1-3-5-11/h1-8H,9-10H2;1-8H,9-10,16H2. The zero-order valence-electron chi connectivity index (χ0n) is 20.6. The van der Waals surface area contributed by atoms with E-state index in [4.69, 9.17) is 15.2 Å². The minimum atomic E-state index is -0.424. The van der Waals surface area contributed by atoms with Gasteiger partial charge in [0, 0.05) is 24.1 Å². The third kappa shape index (κ3) is 5.87. The first-order valence-electron chi connectivity index (χ1n) is 12.1. The average Bonchev–Trinajstić information content (AvgIpc) is 3.60. The molecule has 0 saturated heterocycles.